The third-order valence-electron chi connectivity index (χ3n) is 2.70. The number of amides is 1. The Labute approximate surface area is 112 Å². The van der Waals surface area contributed by atoms with Crippen LogP contribution in [-0.4, -0.2) is 30.6 Å². The fourth-order valence-corrected chi connectivity index (χ4v) is 1.57. The Kier molecular flexibility index (Phi) is 4.90. The molecule has 0 aliphatic rings. The molecule has 100 valence electrons. The van der Waals surface area contributed by atoms with E-state index in [1.807, 2.05) is 6.26 Å². The van der Waals surface area contributed by atoms with E-state index in [0.717, 1.165) is 0 Å². The Morgan fingerprint density at radius 2 is 2.17 bits per heavy atom. The van der Waals surface area contributed by atoms with E-state index >= 15 is 0 Å². The van der Waals surface area contributed by atoms with E-state index in [-0.39, 0.29) is 10.7 Å². The number of nitrogen functional groups attached to an aromatic ring is 1. The van der Waals surface area contributed by atoms with E-state index in [1.165, 1.54) is 7.11 Å². The molecule has 0 unspecified atom stereocenters. The summed E-state index contributed by atoms with van der Waals surface area (Å²) in [6, 6.07) is 5.02. The molecule has 1 amide bonds. The van der Waals surface area contributed by atoms with Crippen LogP contribution < -0.4 is 15.8 Å². The molecule has 0 aliphatic heterocycles. The summed E-state index contributed by atoms with van der Waals surface area (Å²) in [4.78, 5) is 12.1. The van der Waals surface area contributed by atoms with Gasteiger partial charge in [-0.05, 0) is 32.2 Å². The summed E-state index contributed by atoms with van der Waals surface area (Å²) in [5.41, 5.74) is 6.73. The molecule has 0 saturated carbocycles. The first-order valence-electron chi connectivity index (χ1n) is 5.66. The minimum absolute atomic E-state index is 0.0106. The van der Waals surface area contributed by atoms with Gasteiger partial charge in [0.25, 0.3) is 5.91 Å². The second kappa shape index (κ2) is 6.00. The Hall–Kier alpha value is -1.36. The minimum atomic E-state index is -0.144. The van der Waals surface area contributed by atoms with Crippen molar-refractivity contribution in [1.82, 2.24) is 5.32 Å². The maximum atomic E-state index is 12.1. The molecule has 1 aromatic rings. The number of hydrogen-bond acceptors (Lipinski definition) is 4. The lowest BCUT2D eigenvalue weighted by atomic mass is 10.1. The van der Waals surface area contributed by atoms with Crippen LogP contribution in [-0.2, 0) is 0 Å². The van der Waals surface area contributed by atoms with Crippen LogP contribution in [0.15, 0.2) is 18.2 Å². The highest BCUT2D eigenvalue weighted by molar-refractivity contribution is 7.99. The van der Waals surface area contributed by atoms with E-state index in [9.17, 15) is 4.79 Å². The molecule has 0 spiro atoms. The summed E-state index contributed by atoms with van der Waals surface area (Å²) >= 11 is 1.71. The number of nitrogens with one attached hydrogen (secondary N) is 1. The van der Waals surface area contributed by atoms with Gasteiger partial charge in [0.15, 0.2) is 0 Å². The molecule has 4 nitrogen and oxygen atoms in total. The van der Waals surface area contributed by atoms with Gasteiger partial charge in [-0.3, -0.25) is 4.79 Å². The number of benzene rings is 1. The summed E-state index contributed by atoms with van der Waals surface area (Å²) in [7, 11) is 1.53. The Morgan fingerprint density at radius 3 is 2.72 bits per heavy atom. The molecule has 0 fully saturated rings. The van der Waals surface area contributed by atoms with Crippen molar-refractivity contribution >= 4 is 23.4 Å². The molecule has 0 aliphatic carbocycles. The predicted molar refractivity (Wildman–Crippen MR) is 77.3 cm³/mol. The Morgan fingerprint density at radius 1 is 1.50 bits per heavy atom. The summed E-state index contributed by atoms with van der Waals surface area (Å²) < 4.78 is 5.17. The van der Waals surface area contributed by atoms with Crippen LogP contribution in [0.1, 0.15) is 24.2 Å². The summed E-state index contributed by atoms with van der Waals surface area (Å²) in [5, 5.41) is 2.90. The monoisotopic (exact) mass is 268 g/mol. The quantitative estimate of drug-likeness (QED) is 0.803. The highest BCUT2D eigenvalue weighted by atomic mass is 32.2. The lowest BCUT2D eigenvalue weighted by Crippen LogP contribution is -2.36. The zero-order valence-electron chi connectivity index (χ0n) is 11.2. The SMILES string of the molecule is COc1cc(N)ccc1C(=O)NCC(C)(C)SC. The zero-order valence-corrected chi connectivity index (χ0v) is 12.1. The second-order valence-electron chi connectivity index (χ2n) is 4.61. The number of ether oxygens (including phenoxy) is 1. The zero-order chi connectivity index (χ0) is 13.8. The van der Waals surface area contributed by atoms with Crippen molar-refractivity contribution in [2.45, 2.75) is 18.6 Å². The Bertz CT molecular complexity index is 433. The van der Waals surface area contributed by atoms with Crippen molar-refractivity contribution in [3.63, 3.8) is 0 Å². The van der Waals surface area contributed by atoms with Crippen molar-refractivity contribution < 1.29 is 9.53 Å². The largest absolute Gasteiger partial charge is 0.496 e. The number of rotatable bonds is 5. The third kappa shape index (κ3) is 3.84. The number of anilines is 1. The molecule has 0 atom stereocenters. The van der Waals surface area contributed by atoms with Crippen LogP contribution in [0.25, 0.3) is 0 Å². The van der Waals surface area contributed by atoms with E-state index in [1.54, 1.807) is 30.0 Å². The smallest absolute Gasteiger partial charge is 0.255 e. The van der Waals surface area contributed by atoms with Gasteiger partial charge in [0.2, 0.25) is 0 Å². The van der Waals surface area contributed by atoms with Gasteiger partial charge in [0.05, 0.1) is 12.7 Å². The lowest BCUT2D eigenvalue weighted by molar-refractivity contribution is 0.0948. The van der Waals surface area contributed by atoms with Crippen LogP contribution in [0, 0.1) is 0 Å². The highest BCUT2D eigenvalue weighted by Gasteiger charge is 2.19. The molecule has 1 aromatic carbocycles. The topological polar surface area (TPSA) is 64.3 Å². The average molecular weight is 268 g/mol. The van der Waals surface area contributed by atoms with Crippen LogP contribution in [0.5, 0.6) is 5.75 Å². The van der Waals surface area contributed by atoms with Gasteiger partial charge >= 0.3 is 0 Å². The first-order valence-corrected chi connectivity index (χ1v) is 6.89. The van der Waals surface area contributed by atoms with Gasteiger partial charge in [-0.2, -0.15) is 11.8 Å². The number of thioether (sulfide) groups is 1. The van der Waals surface area contributed by atoms with Gasteiger partial charge in [-0.1, -0.05) is 0 Å². The van der Waals surface area contributed by atoms with Gasteiger partial charge in [-0.15, -0.1) is 0 Å². The molecule has 18 heavy (non-hydrogen) atoms. The van der Waals surface area contributed by atoms with Crippen LogP contribution in [0.2, 0.25) is 0 Å². The molecule has 0 bridgehead atoms. The molecule has 0 aromatic heterocycles. The van der Waals surface area contributed by atoms with E-state index in [0.29, 0.717) is 23.5 Å². The van der Waals surface area contributed by atoms with E-state index in [4.69, 9.17) is 10.5 Å². The van der Waals surface area contributed by atoms with Gasteiger partial charge in [0, 0.05) is 23.0 Å². The summed E-state index contributed by atoms with van der Waals surface area (Å²) in [5.74, 6) is 0.350. The fraction of sp³-hybridized carbons (Fsp3) is 0.462. The molecule has 0 radical (unpaired) electrons. The third-order valence-corrected chi connectivity index (χ3v) is 3.95. The molecular weight excluding hydrogens is 248 g/mol. The summed E-state index contributed by atoms with van der Waals surface area (Å²) in [6.07, 6.45) is 2.02. The normalized spacial score (nSPS) is 11.1. The standard InChI is InChI=1S/C13H20N2O2S/c1-13(2,18-4)8-15-12(16)10-6-5-9(14)7-11(10)17-3/h5-7H,8,14H2,1-4H3,(H,15,16). The van der Waals surface area contributed by atoms with Gasteiger partial charge in [0.1, 0.15) is 5.75 Å². The average Bonchev–Trinajstić information content (AvgIpc) is 2.36. The number of carbonyl (C=O) groups excluding carboxylic acids is 1. The molecule has 5 heteroatoms. The van der Waals surface area contributed by atoms with Crippen LogP contribution in [0.4, 0.5) is 5.69 Å². The van der Waals surface area contributed by atoms with Gasteiger partial charge in [-0.25, -0.2) is 0 Å². The maximum Gasteiger partial charge on any atom is 0.255 e. The molecule has 1 rings (SSSR count). The minimum Gasteiger partial charge on any atom is -0.496 e. The number of nitrogens with two attached hydrogens (primary N) is 1. The van der Waals surface area contributed by atoms with Crippen LogP contribution in [0.3, 0.4) is 0 Å². The van der Waals surface area contributed by atoms with Crippen molar-refractivity contribution in [3.8, 4) is 5.75 Å². The summed E-state index contributed by atoms with van der Waals surface area (Å²) in [6.45, 7) is 4.76. The molecular formula is C13H20N2O2S. The molecule has 3 N–H and O–H groups in total. The number of methoxy groups -OCH3 is 1. The second-order valence-corrected chi connectivity index (χ2v) is 6.12. The molecule has 0 saturated heterocycles. The first-order chi connectivity index (χ1) is 8.39. The highest BCUT2D eigenvalue weighted by Crippen LogP contribution is 2.23. The van der Waals surface area contributed by atoms with Crippen molar-refractivity contribution in [2.75, 3.05) is 25.6 Å². The van der Waals surface area contributed by atoms with E-state index in [2.05, 4.69) is 19.2 Å². The van der Waals surface area contributed by atoms with Crippen molar-refractivity contribution in [3.05, 3.63) is 23.8 Å². The Balaban J connectivity index is 2.79. The maximum absolute atomic E-state index is 12.1. The number of carbonyl (C=O) groups is 1. The van der Waals surface area contributed by atoms with E-state index < -0.39 is 0 Å². The predicted octanol–water partition coefficient (Wildman–Crippen LogP) is 2.15. The molecule has 0 heterocycles. The van der Waals surface area contributed by atoms with Crippen molar-refractivity contribution in [1.29, 1.82) is 0 Å². The van der Waals surface area contributed by atoms with Gasteiger partial charge < -0.3 is 15.8 Å². The van der Waals surface area contributed by atoms with Crippen LogP contribution >= 0.6 is 11.8 Å². The van der Waals surface area contributed by atoms with Crippen molar-refractivity contribution in [2.24, 2.45) is 0 Å². The fourth-order valence-electron chi connectivity index (χ4n) is 1.36. The first kappa shape index (κ1) is 14.7. The number of hydrogen-bond donors (Lipinski definition) is 2. The lowest BCUT2D eigenvalue weighted by Gasteiger charge is -2.22.